The van der Waals surface area contributed by atoms with Gasteiger partial charge in [-0.1, -0.05) is 40.9 Å². The van der Waals surface area contributed by atoms with Gasteiger partial charge in [-0.05, 0) is 37.3 Å². The highest BCUT2D eigenvalue weighted by Gasteiger charge is 2.06. The lowest BCUT2D eigenvalue weighted by Gasteiger charge is -2.09. The Labute approximate surface area is 150 Å². The van der Waals surface area contributed by atoms with E-state index >= 15 is 0 Å². The quantitative estimate of drug-likeness (QED) is 0.572. The minimum atomic E-state index is -0.180. The molecular formula is C17H17Cl2NO2S. The molecule has 0 fully saturated rings. The van der Waals surface area contributed by atoms with Crippen molar-refractivity contribution in [2.45, 2.75) is 11.8 Å². The van der Waals surface area contributed by atoms with E-state index in [9.17, 15) is 4.79 Å². The van der Waals surface area contributed by atoms with Crippen molar-refractivity contribution < 1.29 is 9.53 Å². The smallest absolute Gasteiger partial charge is 0.257 e. The summed E-state index contributed by atoms with van der Waals surface area (Å²) in [5.41, 5.74) is 1.24. The first-order valence-corrected chi connectivity index (χ1v) is 8.83. The Kier molecular flexibility index (Phi) is 7.09. The van der Waals surface area contributed by atoms with Crippen molar-refractivity contribution in [3.63, 3.8) is 0 Å². The molecule has 0 bridgehead atoms. The molecule has 0 saturated heterocycles. The number of hydrogen-bond acceptors (Lipinski definition) is 3. The predicted molar refractivity (Wildman–Crippen MR) is 96.9 cm³/mol. The monoisotopic (exact) mass is 369 g/mol. The normalized spacial score (nSPS) is 10.4. The van der Waals surface area contributed by atoms with Gasteiger partial charge in [-0.25, -0.2) is 0 Å². The van der Waals surface area contributed by atoms with E-state index in [-0.39, 0.29) is 12.5 Å². The zero-order valence-corrected chi connectivity index (χ0v) is 15.0. The lowest BCUT2D eigenvalue weighted by molar-refractivity contribution is -0.122. The standard InChI is InChI=1S/C17H17Cl2NO2S/c1-12-2-5-14(6-3-12)23-9-8-20-17(21)11-22-16-7-4-13(18)10-15(16)19/h2-7,10H,8-9,11H2,1H3,(H,20,21). The summed E-state index contributed by atoms with van der Waals surface area (Å²) in [6.45, 7) is 2.56. The van der Waals surface area contributed by atoms with E-state index in [0.717, 1.165) is 5.75 Å². The molecule has 2 aromatic rings. The number of rotatable bonds is 7. The average Bonchev–Trinajstić information content (AvgIpc) is 2.52. The fourth-order valence-corrected chi connectivity index (χ4v) is 3.01. The maximum absolute atomic E-state index is 11.7. The summed E-state index contributed by atoms with van der Waals surface area (Å²) in [5, 5.41) is 3.73. The van der Waals surface area contributed by atoms with Gasteiger partial charge < -0.3 is 10.1 Å². The maximum atomic E-state index is 11.7. The van der Waals surface area contributed by atoms with Crippen LogP contribution >= 0.6 is 35.0 Å². The van der Waals surface area contributed by atoms with Crippen LogP contribution in [-0.4, -0.2) is 24.8 Å². The summed E-state index contributed by atoms with van der Waals surface area (Å²) in [4.78, 5) is 12.9. The van der Waals surface area contributed by atoms with Crippen LogP contribution in [0.2, 0.25) is 10.0 Å². The minimum Gasteiger partial charge on any atom is -0.482 e. The van der Waals surface area contributed by atoms with Gasteiger partial charge in [0.25, 0.3) is 5.91 Å². The van der Waals surface area contributed by atoms with Crippen LogP contribution in [0.5, 0.6) is 5.75 Å². The van der Waals surface area contributed by atoms with Crippen molar-refractivity contribution >= 4 is 40.9 Å². The lowest BCUT2D eigenvalue weighted by atomic mass is 10.2. The van der Waals surface area contributed by atoms with Crippen LogP contribution in [0.1, 0.15) is 5.56 Å². The molecule has 6 heteroatoms. The fraction of sp³-hybridized carbons (Fsp3) is 0.235. The molecular weight excluding hydrogens is 353 g/mol. The first-order valence-electron chi connectivity index (χ1n) is 7.08. The number of benzene rings is 2. The minimum absolute atomic E-state index is 0.0729. The van der Waals surface area contributed by atoms with Crippen LogP contribution in [0.4, 0.5) is 0 Å². The highest BCUT2D eigenvalue weighted by atomic mass is 35.5. The van der Waals surface area contributed by atoms with Gasteiger partial charge in [0.2, 0.25) is 0 Å². The molecule has 0 saturated carbocycles. The first-order chi connectivity index (χ1) is 11.0. The Morgan fingerprint density at radius 1 is 1.17 bits per heavy atom. The lowest BCUT2D eigenvalue weighted by Crippen LogP contribution is -2.30. The molecule has 0 unspecified atom stereocenters. The molecule has 122 valence electrons. The van der Waals surface area contributed by atoms with Crippen molar-refractivity contribution in [3.8, 4) is 5.75 Å². The third-order valence-corrected chi connectivity index (χ3v) is 4.51. The SMILES string of the molecule is Cc1ccc(SCCNC(=O)COc2ccc(Cl)cc2Cl)cc1. The maximum Gasteiger partial charge on any atom is 0.257 e. The molecule has 23 heavy (non-hydrogen) atoms. The number of halogens is 2. The van der Waals surface area contributed by atoms with E-state index in [1.54, 1.807) is 30.0 Å². The third-order valence-electron chi connectivity index (χ3n) is 2.97. The molecule has 0 aliphatic carbocycles. The van der Waals surface area contributed by atoms with Gasteiger partial charge in [0, 0.05) is 22.2 Å². The van der Waals surface area contributed by atoms with Crippen LogP contribution in [0, 0.1) is 6.92 Å². The predicted octanol–water partition coefficient (Wildman–Crippen LogP) is 4.59. The number of aryl methyl sites for hydroxylation is 1. The fourth-order valence-electron chi connectivity index (χ4n) is 1.78. The summed E-state index contributed by atoms with van der Waals surface area (Å²) in [5.74, 6) is 1.07. The second-order valence-electron chi connectivity index (χ2n) is 4.87. The Hall–Kier alpha value is -1.36. The summed E-state index contributed by atoms with van der Waals surface area (Å²) in [6.07, 6.45) is 0. The molecule has 2 rings (SSSR count). The van der Waals surface area contributed by atoms with E-state index in [1.807, 2.05) is 0 Å². The van der Waals surface area contributed by atoms with Gasteiger partial charge in [0.05, 0.1) is 5.02 Å². The van der Waals surface area contributed by atoms with Crippen LogP contribution in [0.3, 0.4) is 0 Å². The number of nitrogens with one attached hydrogen (secondary N) is 1. The summed E-state index contributed by atoms with van der Waals surface area (Å²) in [7, 11) is 0. The van der Waals surface area contributed by atoms with Crippen molar-refractivity contribution in [2.24, 2.45) is 0 Å². The zero-order chi connectivity index (χ0) is 16.7. The largest absolute Gasteiger partial charge is 0.482 e. The molecule has 2 aromatic carbocycles. The Morgan fingerprint density at radius 3 is 2.61 bits per heavy atom. The van der Waals surface area contributed by atoms with Crippen LogP contribution in [0.15, 0.2) is 47.4 Å². The number of carbonyl (C=O) groups excluding carboxylic acids is 1. The molecule has 3 nitrogen and oxygen atoms in total. The molecule has 0 aliphatic heterocycles. The molecule has 0 radical (unpaired) electrons. The van der Waals surface area contributed by atoms with Crippen molar-refractivity contribution in [1.29, 1.82) is 0 Å². The van der Waals surface area contributed by atoms with E-state index in [0.29, 0.717) is 22.3 Å². The molecule has 1 N–H and O–H groups in total. The second kappa shape index (κ2) is 9.06. The summed E-state index contributed by atoms with van der Waals surface area (Å²) < 4.78 is 5.37. The number of carbonyl (C=O) groups is 1. The summed E-state index contributed by atoms with van der Waals surface area (Å²) in [6, 6.07) is 13.2. The highest BCUT2D eigenvalue weighted by molar-refractivity contribution is 7.99. The van der Waals surface area contributed by atoms with Gasteiger partial charge in [0.1, 0.15) is 5.75 Å². The Morgan fingerprint density at radius 2 is 1.91 bits per heavy atom. The van der Waals surface area contributed by atoms with E-state index in [1.165, 1.54) is 10.5 Å². The molecule has 1 amide bonds. The molecule has 0 spiro atoms. The highest BCUT2D eigenvalue weighted by Crippen LogP contribution is 2.27. The third kappa shape index (κ3) is 6.34. The molecule has 0 atom stereocenters. The number of hydrogen-bond donors (Lipinski definition) is 1. The Bertz CT molecular complexity index is 662. The zero-order valence-electron chi connectivity index (χ0n) is 12.6. The van der Waals surface area contributed by atoms with Crippen molar-refractivity contribution in [3.05, 3.63) is 58.1 Å². The number of thioether (sulfide) groups is 1. The van der Waals surface area contributed by atoms with Gasteiger partial charge in [0.15, 0.2) is 6.61 Å². The number of ether oxygens (including phenoxy) is 1. The first kappa shape index (κ1) is 18.0. The van der Waals surface area contributed by atoms with Gasteiger partial charge in [-0.2, -0.15) is 0 Å². The van der Waals surface area contributed by atoms with E-state index in [4.69, 9.17) is 27.9 Å². The molecule has 0 heterocycles. The molecule has 0 aliphatic rings. The average molecular weight is 370 g/mol. The Balaban J connectivity index is 1.66. The van der Waals surface area contributed by atoms with Crippen molar-refractivity contribution in [1.82, 2.24) is 5.32 Å². The van der Waals surface area contributed by atoms with Gasteiger partial charge in [-0.15, -0.1) is 11.8 Å². The molecule has 0 aromatic heterocycles. The van der Waals surface area contributed by atoms with E-state index in [2.05, 4.69) is 36.5 Å². The van der Waals surface area contributed by atoms with Gasteiger partial charge in [-0.3, -0.25) is 4.79 Å². The van der Waals surface area contributed by atoms with Crippen LogP contribution < -0.4 is 10.1 Å². The topological polar surface area (TPSA) is 38.3 Å². The summed E-state index contributed by atoms with van der Waals surface area (Å²) >= 11 is 13.5. The van der Waals surface area contributed by atoms with Crippen molar-refractivity contribution in [2.75, 3.05) is 18.9 Å². The number of amides is 1. The second-order valence-corrected chi connectivity index (χ2v) is 6.89. The van der Waals surface area contributed by atoms with Gasteiger partial charge >= 0.3 is 0 Å². The van der Waals surface area contributed by atoms with Crippen LogP contribution in [0.25, 0.3) is 0 Å². The van der Waals surface area contributed by atoms with Crippen LogP contribution in [-0.2, 0) is 4.79 Å². The van der Waals surface area contributed by atoms with E-state index < -0.39 is 0 Å².